The van der Waals surface area contributed by atoms with Gasteiger partial charge in [0.15, 0.2) is 0 Å². The molecule has 0 amide bonds. The summed E-state index contributed by atoms with van der Waals surface area (Å²) in [4.78, 5) is 6.05. The Hall–Kier alpha value is -1.01. The second-order valence-corrected chi connectivity index (χ2v) is 4.93. The molecule has 1 aliphatic heterocycles. The predicted octanol–water partition coefficient (Wildman–Crippen LogP) is 0.508. The molecular formula is C11H15ClF3N3+2. The average molecular weight is 282 g/mol. The summed E-state index contributed by atoms with van der Waals surface area (Å²) in [6.45, 7) is 3.47. The first-order valence-electron chi connectivity index (χ1n) is 5.72. The van der Waals surface area contributed by atoms with E-state index in [1.54, 1.807) is 0 Å². The summed E-state index contributed by atoms with van der Waals surface area (Å²) >= 11 is 5.93. The van der Waals surface area contributed by atoms with Gasteiger partial charge >= 0.3 is 6.18 Å². The molecule has 0 aliphatic carbocycles. The lowest BCUT2D eigenvalue weighted by Crippen LogP contribution is -3.12. The topological polar surface area (TPSA) is 21.8 Å². The third kappa shape index (κ3) is 2.87. The van der Waals surface area contributed by atoms with Gasteiger partial charge in [0, 0.05) is 0 Å². The largest absolute Gasteiger partial charge is 0.419 e. The highest BCUT2D eigenvalue weighted by atomic mass is 35.5. The second kappa shape index (κ2) is 4.93. The van der Waals surface area contributed by atoms with Crippen LogP contribution >= 0.6 is 11.6 Å². The Morgan fingerprint density at radius 2 is 1.94 bits per heavy atom. The van der Waals surface area contributed by atoms with E-state index in [4.69, 9.17) is 11.6 Å². The number of halogens is 4. The summed E-state index contributed by atoms with van der Waals surface area (Å²) in [5.41, 5.74) is -0.754. The van der Waals surface area contributed by atoms with Crippen LogP contribution in [0.15, 0.2) is 12.3 Å². The minimum absolute atomic E-state index is 0.115. The van der Waals surface area contributed by atoms with E-state index in [-0.39, 0.29) is 5.02 Å². The van der Waals surface area contributed by atoms with Gasteiger partial charge in [-0.1, -0.05) is 11.6 Å². The van der Waals surface area contributed by atoms with E-state index < -0.39 is 11.7 Å². The van der Waals surface area contributed by atoms with E-state index >= 15 is 0 Å². The fourth-order valence-corrected chi connectivity index (χ4v) is 2.27. The van der Waals surface area contributed by atoms with E-state index in [0.717, 1.165) is 38.4 Å². The first-order chi connectivity index (χ1) is 8.38. The molecular weight excluding hydrogens is 267 g/mol. The van der Waals surface area contributed by atoms with Crippen molar-refractivity contribution in [1.29, 1.82) is 0 Å². The van der Waals surface area contributed by atoms with Gasteiger partial charge < -0.3 is 4.90 Å². The number of piperazine rings is 1. The van der Waals surface area contributed by atoms with Crippen molar-refractivity contribution in [2.45, 2.75) is 6.18 Å². The van der Waals surface area contributed by atoms with Gasteiger partial charge in [0.2, 0.25) is 0 Å². The van der Waals surface area contributed by atoms with Gasteiger partial charge in [0.05, 0.1) is 12.6 Å². The second-order valence-electron chi connectivity index (χ2n) is 4.53. The van der Waals surface area contributed by atoms with Crippen LogP contribution in [0.2, 0.25) is 5.02 Å². The van der Waals surface area contributed by atoms with Crippen LogP contribution in [0.5, 0.6) is 0 Å². The fraction of sp³-hybridized carbons (Fsp3) is 0.545. The standard InChI is InChI=1S/C11H13ClF3N3/c1-17-2-4-18(5-3-17)10-9(12)6-8(7-16-10)11(13,14)15/h6-7H,2-5H2,1H3/p+2. The monoisotopic (exact) mass is 281 g/mol. The van der Waals surface area contributed by atoms with Crippen molar-refractivity contribution in [2.24, 2.45) is 0 Å². The Kier molecular flexibility index (Phi) is 3.68. The van der Waals surface area contributed by atoms with Crippen LogP contribution in [-0.2, 0) is 6.18 Å². The number of quaternary nitrogens is 1. The smallest absolute Gasteiger partial charge is 0.331 e. The number of nitrogens with zero attached hydrogens (tertiary/aromatic N) is 1. The zero-order chi connectivity index (χ0) is 13.3. The summed E-state index contributed by atoms with van der Waals surface area (Å²) in [7, 11) is 2.09. The first-order valence-corrected chi connectivity index (χ1v) is 6.10. The van der Waals surface area contributed by atoms with Gasteiger partial charge in [-0.15, -0.1) is 0 Å². The molecule has 0 spiro atoms. The number of alkyl halides is 3. The highest BCUT2D eigenvalue weighted by Gasteiger charge is 2.34. The van der Waals surface area contributed by atoms with Gasteiger partial charge in [-0.3, -0.25) is 0 Å². The molecule has 1 fully saturated rings. The van der Waals surface area contributed by atoms with Gasteiger partial charge in [0.1, 0.15) is 37.4 Å². The average Bonchev–Trinajstić information content (AvgIpc) is 2.29. The fourth-order valence-electron chi connectivity index (χ4n) is 1.98. The van der Waals surface area contributed by atoms with Crippen LogP contribution in [0.25, 0.3) is 0 Å². The van der Waals surface area contributed by atoms with Crippen molar-refractivity contribution in [1.82, 2.24) is 0 Å². The molecule has 2 rings (SSSR count). The summed E-state index contributed by atoms with van der Waals surface area (Å²) in [5.74, 6) is 0.567. The lowest BCUT2D eigenvalue weighted by Gasteiger charge is -2.25. The van der Waals surface area contributed by atoms with Crippen LogP contribution in [0.3, 0.4) is 0 Å². The number of hydrogen-bond acceptors (Lipinski definition) is 1. The van der Waals surface area contributed by atoms with E-state index in [2.05, 4.69) is 12.0 Å². The molecule has 1 saturated heterocycles. The molecule has 1 aromatic heterocycles. The summed E-state index contributed by atoms with van der Waals surface area (Å²) < 4.78 is 37.5. The number of anilines is 1. The Labute approximate surface area is 108 Å². The molecule has 1 aromatic rings. The number of nitrogens with one attached hydrogen (secondary N) is 2. The molecule has 2 heterocycles. The highest BCUT2D eigenvalue weighted by molar-refractivity contribution is 6.32. The summed E-state index contributed by atoms with van der Waals surface area (Å²) in [6, 6.07) is 0.971. The molecule has 0 bridgehead atoms. The van der Waals surface area contributed by atoms with Crippen molar-refractivity contribution in [3.05, 3.63) is 22.8 Å². The third-order valence-corrected chi connectivity index (χ3v) is 3.42. The number of aromatic amines is 1. The summed E-state index contributed by atoms with van der Waals surface area (Å²) in [5, 5.41) is 0.115. The molecule has 0 saturated carbocycles. The van der Waals surface area contributed by atoms with Crippen LogP contribution < -0.4 is 14.8 Å². The Morgan fingerprint density at radius 1 is 1.33 bits per heavy atom. The zero-order valence-electron chi connectivity index (χ0n) is 9.94. The predicted molar refractivity (Wildman–Crippen MR) is 61.8 cm³/mol. The number of hydrogen-bond donors (Lipinski definition) is 1. The Balaban J connectivity index is 2.20. The molecule has 0 aromatic carbocycles. The van der Waals surface area contributed by atoms with Gasteiger partial charge in [-0.25, -0.2) is 9.88 Å². The van der Waals surface area contributed by atoms with Crippen molar-refractivity contribution in [3.8, 4) is 0 Å². The normalized spacial score (nSPS) is 18.2. The lowest BCUT2D eigenvalue weighted by molar-refractivity contribution is -0.880. The lowest BCUT2D eigenvalue weighted by atomic mass is 10.2. The minimum atomic E-state index is -4.37. The maximum absolute atomic E-state index is 12.5. The quantitative estimate of drug-likeness (QED) is 0.796. The van der Waals surface area contributed by atoms with Crippen LogP contribution in [0.4, 0.5) is 19.0 Å². The van der Waals surface area contributed by atoms with E-state index in [1.807, 2.05) is 4.90 Å². The number of aromatic nitrogens is 1. The Morgan fingerprint density at radius 3 is 2.44 bits per heavy atom. The number of H-pyrrole nitrogens is 1. The van der Waals surface area contributed by atoms with E-state index in [0.29, 0.717) is 5.82 Å². The van der Waals surface area contributed by atoms with E-state index in [1.165, 1.54) is 4.90 Å². The number of rotatable bonds is 1. The van der Waals surface area contributed by atoms with Gasteiger partial charge in [-0.2, -0.15) is 13.2 Å². The van der Waals surface area contributed by atoms with Crippen molar-refractivity contribution in [2.75, 3.05) is 38.1 Å². The van der Waals surface area contributed by atoms with Crippen LogP contribution in [0.1, 0.15) is 5.56 Å². The van der Waals surface area contributed by atoms with Crippen LogP contribution in [0, 0.1) is 0 Å². The van der Waals surface area contributed by atoms with Gasteiger partial charge in [0.25, 0.3) is 5.82 Å². The molecule has 100 valence electrons. The van der Waals surface area contributed by atoms with Crippen molar-refractivity contribution < 1.29 is 23.1 Å². The minimum Gasteiger partial charge on any atom is -0.331 e. The molecule has 0 radical (unpaired) electrons. The molecule has 0 unspecified atom stereocenters. The first kappa shape index (κ1) is 13.4. The van der Waals surface area contributed by atoms with Gasteiger partial charge in [-0.05, 0) is 6.07 Å². The van der Waals surface area contributed by atoms with E-state index in [9.17, 15) is 13.2 Å². The maximum Gasteiger partial charge on any atom is 0.419 e. The zero-order valence-corrected chi connectivity index (χ0v) is 10.7. The Bertz CT molecular complexity index is 428. The maximum atomic E-state index is 12.5. The van der Waals surface area contributed by atoms with Crippen LogP contribution in [-0.4, -0.2) is 33.2 Å². The molecule has 3 nitrogen and oxygen atoms in total. The van der Waals surface area contributed by atoms with Crippen molar-refractivity contribution in [3.63, 3.8) is 0 Å². The SMILES string of the molecule is C[NH+]1CCN(c2[nH+]cc(C(F)(F)F)cc2Cl)CC1. The molecule has 2 N–H and O–H groups in total. The number of likely N-dealkylation sites (N-methyl/N-ethyl adjacent to an activating group) is 1. The number of pyridine rings is 1. The highest BCUT2D eigenvalue weighted by Crippen LogP contribution is 2.31. The molecule has 18 heavy (non-hydrogen) atoms. The molecule has 7 heteroatoms. The molecule has 0 atom stereocenters. The third-order valence-electron chi connectivity index (χ3n) is 3.13. The molecule has 1 aliphatic rings. The van der Waals surface area contributed by atoms with Crippen molar-refractivity contribution >= 4 is 17.4 Å². The summed E-state index contributed by atoms with van der Waals surface area (Å²) in [6.07, 6.45) is -3.41.